The lowest BCUT2D eigenvalue weighted by atomic mass is 9.90. The van der Waals surface area contributed by atoms with Gasteiger partial charge in [0.15, 0.2) is 5.78 Å². The maximum atomic E-state index is 13.5. The van der Waals surface area contributed by atoms with Gasteiger partial charge >= 0.3 is 0 Å². The van der Waals surface area contributed by atoms with Crippen LogP contribution in [0.2, 0.25) is 10.0 Å². The molecular formula is C28H20Cl2O3. The Bertz CT molecular complexity index is 1430. The fraction of sp³-hybridized carbons (Fsp3) is 0.107. The molecule has 0 fully saturated rings. The van der Waals surface area contributed by atoms with Crippen LogP contribution in [0, 0.1) is 13.8 Å². The first-order valence-electron chi connectivity index (χ1n) is 10.5. The molecule has 1 aliphatic rings. The number of hydrogen-bond donors (Lipinski definition) is 1. The van der Waals surface area contributed by atoms with Gasteiger partial charge in [-0.2, -0.15) is 0 Å². The van der Waals surface area contributed by atoms with Crippen molar-refractivity contribution >= 4 is 29.0 Å². The van der Waals surface area contributed by atoms with E-state index < -0.39 is 0 Å². The molecule has 4 aromatic rings. The lowest BCUT2D eigenvalue weighted by Crippen LogP contribution is -2.09. The van der Waals surface area contributed by atoms with Gasteiger partial charge in [-0.05, 0) is 66.9 Å². The Morgan fingerprint density at radius 1 is 0.879 bits per heavy atom. The summed E-state index contributed by atoms with van der Waals surface area (Å²) < 4.78 is 6.36. The molecule has 0 atom stereocenters. The molecule has 164 valence electrons. The highest BCUT2D eigenvalue weighted by molar-refractivity contribution is 6.32. The normalized spacial score (nSPS) is 12.0. The van der Waals surface area contributed by atoms with Crippen LogP contribution in [0.1, 0.15) is 38.2 Å². The topological polar surface area (TPSA) is 46.5 Å². The van der Waals surface area contributed by atoms with E-state index in [1.165, 1.54) is 12.1 Å². The highest BCUT2D eigenvalue weighted by atomic mass is 35.5. The number of aryl methyl sites for hydroxylation is 2. The number of ketones is 1. The maximum absolute atomic E-state index is 13.5. The van der Waals surface area contributed by atoms with Crippen molar-refractivity contribution < 1.29 is 14.6 Å². The molecule has 0 amide bonds. The summed E-state index contributed by atoms with van der Waals surface area (Å²) >= 11 is 12.6. The zero-order valence-electron chi connectivity index (χ0n) is 18.1. The van der Waals surface area contributed by atoms with Crippen LogP contribution in [0.15, 0.2) is 66.7 Å². The first-order valence-corrected chi connectivity index (χ1v) is 11.3. The number of phenols is 1. The van der Waals surface area contributed by atoms with Crippen molar-refractivity contribution in [3.63, 3.8) is 0 Å². The highest BCUT2D eigenvalue weighted by Crippen LogP contribution is 2.45. The first-order chi connectivity index (χ1) is 15.8. The third-order valence-corrected chi connectivity index (χ3v) is 6.78. The number of halogens is 2. The van der Waals surface area contributed by atoms with Gasteiger partial charge in [0.1, 0.15) is 17.2 Å². The second-order valence-electron chi connectivity index (χ2n) is 8.31. The first kappa shape index (κ1) is 21.6. The minimum atomic E-state index is -0.304. The van der Waals surface area contributed by atoms with Gasteiger partial charge in [0, 0.05) is 38.7 Å². The number of benzene rings is 4. The number of fused-ring (bicyclic) bond motifs is 2. The fourth-order valence-electron chi connectivity index (χ4n) is 4.15. The van der Waals surface area contributed by atoms with Crippen molar-refractivity contribution in [3.05, 3.63) is 110 Å². The SMILES string of the molecule is Cc1cc2c(cc1Cl)Cc1cc(C(=O)c3cc(Cl)c(C)cc3O)cc(-c3ccccc3)c1O2. The standard InChI is InChI=1S/C28H20Cl2O3/c1-15-8-25(31)22(14-24(15)30)27(32)19-11-20-10-18-13-23(29)16(2)9-26(18)33-28(20)21(12-19)17-6-4-3-5-7-17/h3-9,11-14,31H,10H2,1-2H3. The molecule has 1 heterocycles. The number of aromatic hydroxyl groups is 1. The molecule has 0 unspecified atom stereocenters. The van der Waals surface area contributed by atoms with Crippen molar-refractivity contribution in [2.45, 2.75) is 20.3 Å². The van der Waals surface area contributed by atoms with Crippen LogP contribution < -0.4 is 4.74 Å². The largest absolute Gasteiger partial charge is 0.507 e. The van der Waals surface area contributed by atoms with Crippen molar-refractivity contribution in [2.24, 2.45) is 0 Å². The molecule has 0 bridgehead atoms. The average molecular weight is 475 g/mol. The van der Waals surface area contributed by atoms with Crippen LogP contribution in [0.4, 0.5) is 0 Å². The van der Waals surface area contributed by atoms with Gasteiger partial charge in [-0.3, -0.25) is 4.79 Å². The molecule has 4 aromatic carbocycles. The van der Waals surface area contributed by atoms with E-state index in [-0.39, 0.29) is 17.1 Å². The van der Waals surface area contributed by atoms with Crippen LogP contribution in [0.25, 0.3) is 11.1 Å². The summed E-state index contributed by atoms with van der Waals surface area (Å²) in [5, 5.41) is 11.5. The van der Waals surface area contributed by atoms with Crippen LogP contribution >= 0.6 is 23.2 Å². The molecule has 5 rings (SSSR count). The predicted molar refractivity (Wildman–Crippen MR) is 132 cm³/mol. The third kappa shape index (κ3) is 3.88. The quantitative estimate of drug-likeness (QED) is 0.270. The zero-order valence-corrected chi connectivity index (χ0v) is 19.6. The average Bonchev–Trinajstić information content (AvgIpc) is 2.80. The van der Waals surface area contributed by atoms with Crippen LogP contribution in [0.3, 0.4) is 0 Å². The number of ether oxygens (including phenoxy) is 1. The Morgan fingerprint density at radius 2 is 1.58 bits per heavy atom. The Labute approximate surface area is 202 Å². The zero-order chi connectivity index (χ0) is 23.3. The van der Waals surface area contributed by atoms with Gasteiger partial charge in [0.05, 0.1) is 5.56 Å². The lowest BCUT2D eigenvalue weighted by molar-refractivity contribution is 0.103. The maximum Gasteiger partial charge on any atom is 0.196 e. The smallest absolute Gasteiger partial charge is 0.196 e. The van der Waals surface area contributed by atoms with Crippen LogP contribution in [-0.4, -0.2) is 10.9 Å². The van der Waals surface area contributed by atoms with Gasteiger partial charge in [-0.15, -0.1) is 0 Å². The summed E-state index contributed by atoms with van der Waals surface area (Å²) in [5.41, 5.74) is 5.86. The van der Waals surface area contributed by atoms with Crippen molar-refractivity contribution in [1.82, 2.24) is 0 Å². The second kappa shape index (κ2) is 8.26. The number of rotatable bonds is 3. The molecule has 1 N–H and O–H groups in total. The van der Waals surface area contributed by atoms with E-state index in [2.05, 4.69) is 0 Å². The minimum Gasteiger partial charge on any atom is -0.507 e. The molecule has 0 aliphatic carbocycles. The predicted octanol–water partition coefficient (Wildman–Crippen LogP) is 7.91. The van der Waals surface area contributed by atoms with E-state index in [0.29, 0.717) is 27.6 Å². The fourth-order valence-corrected chi connectivity index (χ4v) is 4.50. The summed E-state index contributed by atoms with van der Waals surface area (Å²) in [6, 6.07) is 20.3. The summed E-state index contributed by atoms with van der Waals surface area (Å²) in [4.78, 5) is 13.5. The van der Waals surface area contributed by atoms with Crippen LogP contribution in [0.5, 0.6) is 17.2 Å². The minimum absolute atomic E-state index is 0.0928. The van der Waals surface area contributed by atoms with E-state index in [1.54, 1.807) is 6.92 Å². The number of phenolic OH excluding ortho intramolecular Hbond substituents is 1. The Hall–Kier alpha value is -3.27. The second-order valence-corrected chi connectivity index (χ2v) is 9.13. The lowest BCUT2D eigenvalue weighted by Gasteiger charge is -2.24. The Kier molecular flexibility index (Phi) is 5.40. The van der Waals surface area contributed by atoms with Gasteiger partial charge < -0.3 is 9.84 Å². The monoisotopic (exact) mass is 474 g/mol. The van der Waals surface area contributed by atoms with Crippen molar-refractivity contribution in [1.29, 1.82) is 0 Å². The van der Waals surface area contributed by atoms with Gasteiger partial charge in [0.25, 0.3) is 0 Å². The molecule has 33 heavy (non-hydrogen) atoms. The molecule has 0 saturated carbocycles. The summed E-state index contributed by atoms with van der Waals surface area (Å²) in [6.07, 6.45) is 0.576. The highest BCUT2D eigenvalue weighted by Gasteiger charge is 2.25. The molecular weight excluding hydrogens is 455 g/mol. The van der Waals surface area contributed by atoms with Crippen molar-refractivity contribution in [2.75, 3.05) is 0 Å². The Morgan fingerprint density at radius 3 is 2.33 bits per heavy atom. The van der Waals surface area contributed by atoms with E-state index in [9.17, 15) is 9.90 Å². The molecule has 0 saturated heterocycles. The molecule has 0 spiro atoms. The van der Waals surface area contributed by atoms with Gasteiger partial charge in [-0.25, -0.2) is 0 Å². The molecule has 3 nitrogen and oxygen atoms in total. The molecule has 5 heteroatoms. The van der Waals surface area contributed by atoms with Gasteiger partial charge in [0.2, 0.25) is 0 Å². The summed E-state index contributed by atoms with van der Waals surface area (Å²) in [6.45, 7) is 3.73. The summed E-state index contributed by atoms with van der Waals surface area (Å²) in [7, 11) is 0. The molecule has 1 aliphatic heterocycles. The van der Waals surface area contributed by atoms with Gasteiger partial charge in [-0.1, -0.05) is 53.5 Å². The van der Waals surface area contributed by atoms with Crippen LogP contribution in [-0.2, 0) is 6.42 Å². The van der Waals surface area contributed by atoms with Crippen molar-refractivity contribution in [3.8, 4) is 28.4 Å². The number of hydrogen-bond acceptors (Lipinski definition) is 3. The summed E-state index contributed by atoms with van der Waals surface area (Å²) in [5.74, 6) is 1.09. The van der Waals surface area contributed by atoms with E-state index in [1.807, 2.05) is 61.5 Å². The Balaban J connectivity index is 1.69. The number of carbonyl (C=O) groups excluding carboxylic acids is 1. The van der Waals surface area contributed by atoms with E-state index >= 15 is 0 Å². The number of carbonyl (C=O) groups is 1. The van der Waals surface area contributed by atoms with E-state index in [0.717, 1.165) is 39.3 Å². The third-order valence-electron chi connectivity index (χ3n) is 5.97. The molecule has 0 radical (unpaired) electrons. The van der Waals surface area contributed by atoms with E-state index in [4.69, 9.17) is 27.9 Å². The molecule has 0 aromatic heterocycles.